The molecule has 0 radical (unpaired) electrons. The van der Waals surface area contributed by atoms with Crippen molar-refractivity contribution < 1.29 is 4.79 Å². The third-order valence-electron chi connectivity index (χ3n) is 4.55. The SMILES string of the molecule is O=C(c1ccccc1Br)N1CCN(C2CCCC2)CC1. The van der Waals surface area contributed by atoms with E-state index in [4.69, 9.17) is 0 Å². The molecule has 1 heterocycles. The fourth-order valence-corrected chi connectivity index (χ4v) is 3.82. The van der Waals surface area contributed by atoms with Crippen LogP contribution in [0.2, 0.25) is 0 Å². The van der Waals surface area contributed by atoms with E-state index >= 15 is 0 Å². The van der Waals surface area contributed by atoms with Crippen LogP contribution in [0.25, 0.3) is 0 Å². The highest BCUT2D eigenvalue weighted by Crippen LogP contribution is 2.25. The number of rotatable bonds is 2. The highest BCUT2D eigenvalue weighted by atomic mass is 79.9. The first kappa shape index (κ1) is 14.1. The Morgan fingerprint density at radius 2 is 1.70 bits per heavy atom. The molecular formula is C16H21BrN2O. The van der Waals surface area contributed by atoms with Gasteiger partial charge in [-0.25, -0.2) is 0 Å². The first-order valence-electron chi connectivity index (χ1n) is 7.53. The summed E-state index contributed by atoms with van der Waals surface area (Å²) in [6.45, 7) is 3.77. The van der Waals surface area contributed by atoms with Gasteiger partial charge >= 0.3 is 0 Å². The zero-order chi connectivity index (χ0) is 13.9. The highest BCUT2D eigenvalue weighted by molar-refractivity contribution is 9.10. The van der Waals surface area contributed by atoms with Gasteiger partial charge in [-0.1, -0.05) is 25.0 Å². The molecule has 1 aliphatic heterocycles. The molecule has 0 atom stereocenters. The van der Waals surface area contributed by atoms with E-state index in [-0.39, 0.29) is 5.91 Å². The number of carbonyl (C=O) groups is 1. The zero-order valence-electron chi connectivity index (χ0n) is 11.7. The maximum atomic E-state index is 12.5. The average molecular weight is 337 g/mol. The number of carbonyl (C=O) groups excluding carboxylic acids is 1. The van der Waals surface area contributed by atoms with Crippen molar-refractivity contribution in [2.24, 2.45) is 0 Å². The van der Waals surface area contributed by atoms with Gasteiger partial charge in [-0.2, -0.15) is 0 Å². The lowest BCUT2D eigenvalue weighted by Crippen LogP contribution is -2.51. The molecule has 3 rings (SSSR count). The first-order valence-corrected chi connectivity index (χ1v) is 8.33. The maximum Gasteiger partial charge on any atom is 0.255 e. The second-order valence-corrected chi connectivity index (χ2v) is 6.60. The molecule has 1 saturated carbocycles. The summed E-state index contributed by atoms with van der Waals surface area (Å²) in [7, 11) is 0. The molecule has 0 bridgehead atoms. The number of nitrogens with zero attached hydrogens (tertiary/aromatic N) is 2. The predicted octanol–water partition coefficient (Wildman–Crippen LogP) is 3.15. The van der Waals surface area contributed by atoms with Crippen molar-refractivity contribution in [2.75, 3.05) is 26.2 Å². The Balaban J connectivity index is 1.60. The lowest BCUT2D eigenvalue weighted by atomic mass is 10.1. The molecule has 4 heteroatoms. The van der Waals surface area contributed by atoms with Gasteiger partial charge in [0.05, 0.1) is 5.56 Å². The van der Waals surface area contributed by atoms with Crippen LogP contribution in [0.3, 0.4) is 0 Å². The Bertz CT molecular complexity index is 477. The maximum absolute atomic E-state index is 12.5. The number of hydrogen-bond donors (Lipinski definition) is 0. The van der Waals surface area contributed by atoms with Crippen molar-refractivity contribution in [2.45, 2.75) is 31.7 Å². The standard InChI is InChI=1S/C16H21BrN2O/c17-15-8-4-3-7-14(15)16(20)19-11-9-18(10-12-19)13-5-1-2-6-13/h3-4,7-8,13H,1-2,5-6,9-12H2. The van der Waals surface area contributed by atoms with E-state index in [1.165, 1.54) is 25.7 Å². The number of hydrogen-bond acceptors (Lipinski definition) is 2. The number of benzene rings is 1. The first-order chi connectivity index (χ1) is 9.75. The summed E-state index contributed by atoms with van der Waals surface area (Å²) in [5, 5.41) is 0. The van der Waals surface area contributed by atoms with E-state index in [9.17, 15) is 4.79 Å². The van der Waals surface area contributed by atoms with Crippen LogP contribution >= 0.6 is 15.9 Å². The van der Waals surface area contributed by atoms with Crippen LogP contribution in [0.5, 0.6) is 0 Å². The van der Waals surface area contributed by atoms with Crippen LogP contribution in [-0.2, 0) is 0 Å². The van der Waals surface area contributed by atoms with Gasteiger partial charge in [0.1, 0.15) is 0 Å². The lowest BCUT2D eigenvalue weighted by molar-refractivity contribution is 0.0572. The summed E-state index contributed by atoms with van der Waals surface area (Å²) in [4.78, 5) is 17.1. The monoisotopic (exact) mass is 336 g/mol. The van der Waals surface area contributed by atoms with Crippen molar-refractivity contribution in [1.82, 2.24) is 9.80 Å². The Morgan fingerprint density at radius 1 is 1.05 bits per heavy atom. The van der Waals surface area contributed by atoms with E-state index in [0.29, 0.717) is 0 Å². The number of amides is 1. The molecule has 2 aliphatic rings. The molecule has 2 fully saturated rings. The normalized spacial score (nSPS) is 21.4. The van der Waals surface area contributed by atoms with Gasteiger partial charge in [-0.05, 0) is 40.9 Å². The largest absolute Gasteiger partial charge is 0.336 e. The molecule has 1 aromatic carbocycles. The molecule has 0 N–H and O–H groups in total. The Hall–Kier alpha value is -0.870. The topological polar surface area (TPSA) is 23.6 Å². The molecule has 1 saturated heterocycles. The third kappa shape index (κ3) is 2.91. The van der Waals surface area contributed by atoms with E-state index in [2.05, 4.69) is 20.8 Å². The molecule has 1 aromatic rings. The van der Waals surface area contributed by atoms with Crippen molar-refractivity contribution in [3.63, 3.8) is 0 Å². The zero-order valence-corrected chi connectivity index (χ0v) is 13.3. The van der Waals surface area contributed by atoms with Gasteiger partial charge in [0.25, 0.3) is 5.91 Å². The third-order valence-corrected chi connectivity index (χ3v) is 5.24. The van der Waals surface area contributed by atoms with Crippen molar-refractivity contribution in [1.29, 1.82) is 0 Å². The molecule has 0 aromatic heterocycles. The molecular weight excluding hydrogens is 316 g/mol. The minimum atomic E-state index is 0.156. The number of piperazine rings is 1. The minimum absolute atomic E-state index is 0.156. The lowest BCUT2D eigenvalue weighted by Gasteiger charge is -2.38. The van der Waals surface area contributed by atoms with Crippen molar-refractivity contribution in [3.05, 3.63) is 34.3 Å². The van der Waals surface area contributed by atoms with E-state index < -0.39 is 0 Å². The van der Waals surface area contributed by atoms with E-state index in [0.717, 1.165) is 42.3 Å². The van der Waals surface area contributed by atoms with Crippen LogP contribution in [0.4, 0.5) is 0 Å². The summed E-state index contributed by atoms with van der Waals surface area (Å²) in [5.74, 6) is 0.156. The summed E-state index contributed by atoms with van der Waals surface area (Å²) in [5.41, 5.74) is 0.779. The second-order valence-electron chi connectivity index (χ2n) is 5.75. The molecule has 1 amide bonds. The van der Waals surface area contributed by atoms with Crippen LogP contribution < -0.4 is 0 Å². The molecule has 20 heavy (non-hydrogen) atoms. The minimum Gasteiger partial charge on any atom is -0.336 e. The van der Waals surface area contributed by atoms with Gasteiger partial charge in [0, 0.05) is 36.7 Å². The Morgan fingerprint density at radius 3 is 2.35 bits per heavy atom. The summed E-state index contributed by atoms with van der Waals surface area (Å²) in [6.07, 6.45) is 5.44. The van der Waals surface area contributed by atoms with Crippen LogP contribution in [0.15, 0.2) is 28.7 Å². The second kappa shape index (κ2) is 6.27. The fourth-order valence-electron chi connectivity index (χ4n) is 3.36. The van der Waals surface area contributed by atoms with E-state index in [1.807, 2.05) is 29.2 Å². The number of halogens is 1. The molecule has 0 unspecified atom stereocenters. The van der Waals surface area contributed by atoms with E-state index in [1.54, 1.807) is 0 Å². The summed E-state index contributed by atoms with van der Waals surface area (Å²) >= 11 is 3.47. The van der Waals surface area contributed by atoms with Gasteiger partial charge in [-0.3, -0.25) is 9.69 Å². The molecule has 0 spiro atoms. The molecule has 3 nitrogen and oxygen atoms in total. The smallest absolute Gasteiger partial charge is 0.255 e. The fraction of sp³-hybridized carbons (Fsp3) is 0.562. The quantitative estimate of drug-likeness (QED) is 0.828. The van der Waals surface area contributed by atoms with Gasteiger partial charge < -0.3 is 4.90 Å². The van der Waals surface area contributed by atoms with Crippen molar-refractivity contribution in [3.8, 4) is 0 Å². The van der Waals surface area contributed by atoms with Gasteiger partial charge in [-0.15, -0.1) is 0 Å². The van der Waals surface area contributed by atoms with Gasteiger partial charge in [0.15, 0.2) is 0 Å². The summed E-state index contributed by atoms with van der Waals surface area (Å²) < 4.78 is 0.892. The predicted molar refractivity (Wildman–Crippen MR) is 83.9 cm³/mol. The summed E-state index contributed by atoms with van der Waals surface area (Å²) in [6, 6.07) is 8.47. The van der Waals surface area contributed by atoms with Crippen molar-refractivity contribution >= 4 is 21.8 Å². The highest BCUT2D eigenvalue weighted by Gasteiger charge is 2.28. The Kier molecular flexibility index (Phi) is 4.41. The van der Waals surface area contributed by atoms with Crippen LogP contribution in [0.1, 0.15) is 36.0 Å². The van der Waals surface area contributed by atoms with Crippen LogP contribution in [-0.4, -0.2) is 47.9 Å². The molecule has 1 aliphatic carbocycles. The molecule has 108 valence electrons. The average Bonchev–Trinajstić information content (AvgIpc) is 3.01. The van der Waals surface area contributed by atoms with Gasteiger partial charge in [0.2, 0.25) is 0 Å². The van der Waals surface area contributed by atoms with Crippen LogP contribution in [0, 0.1) is 0 Å². The Labute approximate surface area is 129 Å².